The third-order valence-corrected chi connectivity index (χ3v) is 7.62. The summed E-state index contributed by atoms with van der Waals surface area (Å²) in [7, 11) is -0.751. The molecule has 0 aliphatic rings. The summed E-state index contributed by atoms with van der Waals surface area (Å²) in [4.78, 5) is 4.41. The number of methoxy groups -OCH3 is 2. The van der Waals surface area contributed by atoms with Crippen molar-refractivity contribution < 1.29 is 17.9 Å². The van der Waals surface area contributed by atoms with Crippen molar-refractivity contribution in [3.8, 4) is 11.5 Å². The largest absolute Gasteiger partial charge is 0.493 e. The quantitative estimate of drug-likeness (QED) is 0.256. The summed E-state index contributed by atoms with van der Waals surface area (Å²) in [6, 6.07) is 10.6. The van der Waals surface area contributed by atoms with Crippen LogP contribution in [0.5, 0.6) is 11.5 Å². The van der Waals surface area contributed by atoms with Gasteiger partial charge in [-0.3, -0.25) is 4.68 Å². The van der Waals surface area contributed by atoms with Crippen LogP contribution in [0.1, 0.15) is 36.2 Å². The molecule has 1 atom stereocenters. The zero-order chi connectivity index (χ0) is 27.3. The average molecular weight is 537 g/mol. The number of benzene rings is 2. The molecule has 10 nitrogen and oxygen atoms in total. The Morgan fingerprint density at radius 3 is 2.55 bits per heavy atom. The van der Waals surface area contributed by atoms with Crippen LogP contribution >= 0.6 is 0 Å². The predicted octanol–water partition coefficient (Wildman–Crippen LogP) is 4.38. The SMILES string of the molecule is C=CCCn1cc(CNc2ncc(C)cc2S(=O)(=O)NC(C)c2ccc3cc(OC)c(OC)cc3c2)nn1. The van der Waals surface area contributed by atoms with Gasteiger partial charge in [0.1, 0.15) is 16.4 Å². The van der Waals surface area contributed by atoms with Gasteiger partial charge in [-0.05, 0) is 66.4 Å². The number of allylic oxidation sites excluding steroid dienone is 1. The van der Waals surface area contributed by atoms with Crippen LogP contribution in [0.2, 0.25) is 0 Å². The number of hydrogen-bond donors (Lipinski definition) is 2. The molecule has 4 aromatic rings. The summed E-state index contributed by atoms with van der Waals surface area (Å²) in [5, 5.41) is 13.2. The minimum atomic E-state index is -3.92. The first kappa shape index (κ1) is 27.1. The van der Waals surface area contributed by atoms with Crippen LogP contribution in [0.4, 0.5) is 5.82 Å². The van der Waals surface area contributed by atoms with Gasteiger partial charge in [0.2, 0.25) is 10.0 Å². The maximum absolute atomic E-state index is 13.5. The number of nitrogens with zero attached hydrogens (tertiary/aromatic N) is 4. The van der Waals surface area contributed by atoms with Crippen LogP contribution < -0.4 is 19.5 Å². The molecule has 0 aliphatic heterocycles. The maximum Gasteiger partial charge on any atom is 0.244 e. The smallest absolute Gasteiger partial charge is 0.244 e. The number of hydrogen-bond acceptors (Lipinski definition) is 8. The average Bonchev–Trinajstić information content (AvgIpc) is 3.37. The van der Waals surface area contributed by atoms with Crippen LogP contribution in [0.3, 0.4) is 0 Å². The Morgan fingerprint density at radius 2 is 1.84 bits per heavy atom. The van der Waals surface area contributed by atoms with Gasteiger partial charge in [-0.15, -0.1) is 11.7 Å². The Balaban J connectivity index is 1.55. The van der Waals surface area contributed by atoms with Gasteiger partial charge >= 0.3 is 0 Å². The van der Waals surface area contributed by atoms with Gasteiger partial charge < -0.3 is 14.8 Å². The van der Waals surface area contributed by atoms with E-state index in [1.807, 2.05) is 42.6 Å². The molecule has 0 saturated carbocycles. The minimum absolute atomic E-state index is 0.0654. The first-order chi connectivity index (χ1) is 18.2. The number of aryl methyl sites for hydroxylation is 2. The molecule has 0 aliphatic carbocycles. The van der Waals surface area contributed by atoms with Crippen LogP contribution in [-0.2, 0) is 23.1 Å². The molecule has 11 heteroatoms. The highest BCUT2D eigenvalue weighted by molar-refractivity contribution is 7.89. The second-order valence-electron chi connectivity index (χ2n) is 8.92. The molecule has 2 heterocycles. The van der Waals surface area contributed by atoms with E-state index in [4.69, 9.17) is 9.47 Å². The molecule has 0 saturated heterocycles. The van der Waals surface area contributed by atoms with Crippen molar-refractivity contribution in [2.24, 2.45) is 0 Å². The van der Waals surface area contributed by atoms with Crippen molar-refractivity contribution >= 4 is 26.6 Å². The van der Waals surface area contributed by atoms with Crippen LogP contribution in [-0.4, -0.2) is 42.6 Å². The summed E-state index contributed by atoms with van der Waals surface area (Å²) in [6.07, 6.45) is 6.02. The zero-order valence-electron chi connectivity index (χ0n) is 21.9. The number of ether oxygens (including phenoxy) is 2. The summed E-state index contributed by atoms with van der Waals surface area (Å²) < 4.78 is 42.3. The molecule has 1 unspecified atom stereocenters. The van der Waals surface area contributed by atoms with Crippen molar-refractivity contribution in [3.63, 3.8) is 0 Å². The number of fused-ring (bicyclic) bond motifs is 1. The molecule has 0 bridgehead atoms. The number of sulfonamides is 1. The van der Waals surface area contributed by atoms with Gasteiger partial charge in [-0.2, -0.15) is 0 Å². The first-order valence-corrected chi connectivity index (χ1v) is 13.6. The van der Waals surface area contributed by atoms with Crippen LogP contribution in [0, 0.1) is 6.92 Å². The Hall–Kier alpha value is -3.96. The zero-order valence-corrected chi connectivity index (χ0v) is 22.7. The highest BCUT2D eigenvalue weighted by Crippen LogP contribution is 2.33. The van der Waals surface area contributed by atoms with Crippen molar-refractivity contribution in [1.82, 2.24) is 24.7 Å². The van der Waals surface area contributed by atoms with E-state index in [-0.39, 0.29) is 17.3 Å². The molecule has 4 rings (SSSR count). The Bertz CT molecular complexity index is 1550. The van der Waals surface area contributed by atoms with Gasteiger partial charge in [0, 0.05) is 18.8 Å². The third kappa shape index (κ3) is 6.12. The lowest BCUT2D eigenvalue weighted by atomic mass is 10.0. The van der Waals surface area contributed by atoms with E-state index in [0.29, 0.717) is 23.7 Å². The molecule has 2 N–H and O–H groups in total. The summed E-state index contributed by atoms with van der Waals surface area (Å²) in [5.74, 6) is 1.48. The predicted molar refractivity (Wildman–Crippen MR) is 147 cm³/mol. The van der Waals surface area contributed by atoms with E-state index >= 15 is 0 Å². The molecule has 0 radical (unpaired) electrons. The molecule has 200 valence electrons. The molecule has 0 spiro atoms. The number of anilines is 1. The van der Waals surface area contributed by atoms with E-state index in [1.165, 1.54) is 0 Å². The Kier molecular flexibility index (Phi) is 8.28. The van der Waals surface area contributed by atoms with Gasteiger partial charge in [0.15, 0.2) is 11.5 Å². The van der Waals surface area contributed by atoms with Crippen LogP contribution in [0.25, 0.3) is 10.8 Å². The van der Waals surface area contributed by atoms with E-state index in [2.05, 4.69) is 31.9 Å². The molecule has 38 heavy (non-hydrogen) atoms. The second kappa shape index (κ2) is 11.6. The lowest BCUT2D eigenvalue weighted by Gasteiger charge is -2.18. The summed E-state index contributed by atoms with van der Waals surface area (Å²) >= 11 is 0. The van der Waals surface area contributed by atoms with E-state index in [0.717, 1.165) is 28.3 Å². The van der Waals surface area contributed by atoms with Crippen molar-refractivity contribution in [1.29, 1.82) is 0 Å². The number of pyridine rings is 1. The molecule has 0 fully saturated rings. The Morgan fingerprint density at radius 1 is 1.11 bits per heavy atom. The summed E-state index contributed by atoms with van der Waals surface area (Å²) in [5.41, 5.74) is 2.20. The fourth-order valence-electron chi connectivity index (χ4n) is 4.03. The topological polar surface area (TPSA) is 120 Å². The maximum atomic E-state index is 13.5. The van der Waals surface area contributed by atoms with Crippen molar-refractivity contribution in [2.75, 3.05) is 19.5 Å². The first-order valence-electron chi connectivity index (χ1n) is 12.1. The lowest BCUT2D eigenvalue weighted by Crippen LogP contribution is -2.28. The molecular formula is C27H32N6O4S. The van der Waals surface area contributed by atoms with Gasteiger partial charge in [-0.1, -0.05) is 23.4 Å². The molecule has 2 aromatic heterocycles. The summed E-state index contributed by atoms with van der Waals surface area (Å²) in [6.45, 7) is 8.27. The normalized spacial score (nSPS) is 12.3. The molecule has 0 amide bonds. The number of rotatable bonds is 12. The third-order valence-electron chi connectivity index (χ3n) is 6.06. The fourth-order valence-corrected chi connectivity index (χ4v) is 5.48. The highest BCUT2D eigenvalue weighted by Gasteiger charge is 2.23. The van der Waals surface area contributed by atoms with Gasteiger partial charge in [-0.25, -0.2) is 18.1 Å². The van der Waals surface area contributed by atoms with Crippen LogP contribution in [0.15, 0.2) is 66.3 Å². The van der Waals surface area contributed by atoms with Gasteiger partial charge in [0.05, 0.1) is 27.0 Å². The van der Waals surface area contributed by atoms with Gasteiger partial charge in [0.25, 0.3) is 0 Å². The highest BCUT2D eigenvalue weighted by atomic mass is 32.2. The van der Waals surface area contributed by atoms with E-state index < -0.39 is 16.1 Å². The monoisotopic (exact) mass is 536 g/mol. The fraction of sp³-hybridized carbons (Fsp3) is 0.296. The standard InChI is InChI=1S/C27H32N6O4S/c1-6-7-10-33-17-23(30-32-33)16-29-27-26(11-18(2)15-28-27)38(34,35)31-19(3)20-8-9-21-13-24(36-4)25(37-5)14-22(21)12-20/h6,8-9,11-15,17,19,31H,1,7,10,16H2,2-5H3,(H,28,29). The second-order valence-corrected chi connectivity index (χ2v) is 10.6. The lowest BCUT2D eigenvalue weighted by molar-refractivity contribution is 0.356. The molecule has 2 aromatic carbocycles. The van der Waals surface area contributed by atoms with E-state index in [1.54, 1.807) is 45.0 Å². The minimum Gasteiger partial charge on any atom is -0.493 e. The number of nitrogens with one attached hydrogen (secondary N) is 2. The van der Waals surface area contributed by atoms with Crippen molar-refractivity contribution in [3.05, 3.63) is 78.3 Å². The van der Waals surface area contributed by atoms with E-state index in [9.17, 15) is 8.42 Å². The van der Waals surface area contributed by atoms with Crippen molar-refractivity contribution in [2.45, 2.75) is 44.3 Å². The molecular weight excluding hydrogens is 504 g/mol. The Labute approximate surface area is 222 Å². The number of aromatic nitrogens is 4.